The van der Waals surface area contributed by atoms with Crippen LogP contribution in [0.25, 0.3) is 6.08 Å². The lowest BCUT2D eigenvalue weighted by Gasteiger charge is -1.99. The second kappa shape index (κ2) is 5.50. The standard InChI is InChI=1S/C14H12O3S2/c1-19(16,17)13-7-4-11(5-8-13)14(15)9-6-12-3-2-10-18-12/h2-10H,1H3/b9-6-. The monoisotopic (exact) mass is 292 g/mol. The van der Waals surface area contributed by atoms with Crippen molar-refractivity contribution in [2.24, 2.45) is 0 Å². The van der Waals surface area contributed by atoms with E-state index in [2.05, 4.69) is 0 Å². The predicted octanol–water partition coefficient (Wildman–Crippen LogP) is 3.05. The minimum atomic E-state index is -3.22. The average molecular weight is 292 g/mol. The Balaban J connectivity index is 2.17. The fraction of sp³-hybridized carbons (Fsp3) is 0.0714. The Morgan fingerprint density at radius 3 is 2.37 bits per heavy atom. The van der Waals surface area contributed by atoms with E-state index in [4.69, 9.17) is 0 Å². The Labute approximate surface area is 116 Å². The molecule has 2 aromatic rings. The van der Waals surface area contributed by atoms with Crippen LogP contribution in [0.4, 0.5) is 0 Å². The molecular formula is C14H12O3S2. The van der Waals surface area contributed by atoms with Crippen LogP contribution in [0, 0.1) is 0 Å². The van der Waals surface area contributed by atoms with E-state index < -0.39 is 9.84 Å². The predicted molar refractivity (Wildman–Crippen MR) is 77.2 cm³/mol. The van der Waals surface area contributed by atoms with Crippen LogP contribution in [0.3, 0.4) is 0 Å². The molecule has 5 heteroatoms. The molecule has 0 bridgehead atoms. The van der Waals surface area contributed by atoms with Crippen LogP contribution >= 0.6 is 11.3 Å². The first-order valence-corrected chi connectivity index (χ1v) is 8.30. The molecule has 0 N–H and O–H groups in total. The van der Waals surface area contributed by atoms with E-state index in [-0.39, 0.29) is 10.7 Å². The van der Waals surface area contributed by atoms with Crippen molar-refractivity contribution in [1.29, 1.82) is 0 Å². The van der Waals surface area contributed by atoms with Crippen molar-refractivity contribution >= 4 is 33.0 Å². The lowest BCUT2D eigenvalue weighted by atomic mass is 10.1. The zero-order valence-corrected chi connectivity index (χ0v) is 11.9. The summed E-state index contributed by atoms with van der Waals surface area (Å²) in [5, 5.41) is 1.94. The summed E-state index contributed by atoms with van der Waals surface area (Å²) in [6.45, 7) is 0. The van der Waals surface area contributed by atoms with Crippen molar-refractivity contribution in [1.82, 2.24) is 0 Å². The maximum Gasteiger partial charge on any atom is 0.185 e. The van der Waals surface area contributed by atoms with Gasteiger partial charge in [-0.25, -0.2) is 8.42 Å². The SMILES string of the molecule is CS(=O)(=O)c1ccc(C(=O)/C=C\c2cccs2)cc1. The minimum Gasteiger partial charge on any atom is -0.289 e. The highest BCUT2D eigenvalue weighted by atomic mass is 32.2. The van der Waals surface area contributed by atoms with Gasteiger partial charge in [0.05, 0.1) is 4.90 Å². The normalized spacial score (nSPS) is 11.8. The second-order valence-electron chi connectivity index (χ2n) is 4.01. The topological polar surface area (TPSA) is 51.2 Å². The van der Waals surface area contributed by atoms with Crippen molar-refractivity contribution in [2.45, 2.75) is 4.90 Å². The molecule has 0 fully saturated rings. The number of carbonyl (C=O) groups is 1. The molecule has 2 rings (SSSR count). The molecule has 0 spiro atoms. The first-order chi connectivity index (χ1) is 8.97. The quantitative estimate of drug-likeness (QED) is 0.643. The van der Waals surface area contributed by atoms with Gasteiger partial charge >= 0.3 is 0 Å². The Kier molecular flexibility index (Phi) is 3.97. The van der Waals surface area contributed by atoms with Crippen LogP contribution in [0.2, 0.25) is 0 Å². The lowest BCUT2D eigenvalue weighted by molar-refractivity contribution is 0.104. The summed E-state index contributed by atoms with van der Waals surface area (Å²) in [5.41, 5.74) is 0.472. The zero-order valence-electron chi connectivity index (χ0n) is 10.2. The van der Waals surface area contributed by atoms with Crippen molar-refractivity contribution in [3.8, 4) is 0 Å². The number of benzene rings is 1. The summed E-state index contributed by atoms with van der Waals surface area (Å²) in [5.74, 6) is -0.145. The molecule has 19 heavy (non-hydrogen) atoms. The van der Waals surface area contributed by atoms with Crippen molar-refractivity contribution in [2.75, 3.05) is 6.26 Å². The summed E-state index contributed by atoms with van der Waals surface area (Å²) in [4.78, 5) is 13.1. The highest BCUT2D eigenvalue weighted by molar-refractivity contribution is 7.90. The second-order valence-corrected chi connectivity index (χ2v) is 7.00. The van der Waals surface area contributed by atoms with Gasteiger partial charge in [-0.3, -0.25) is 4.79 Å². The van der Waals surface area contributed by atoms with Crippen LogP contribution < -0.4 is 0 Å². The highest BCUT2D eigenvalue weighted by Gasteiger charge is 2.08. The third-order valence-corrected chi connectivity index (χ3v) is 4.48. The number of rotatable bonds is 4. The number of hydrogen-bond donors (Lipinski definition) is 0. The van der Waals surface area contributed by atoms with Gasteiger partial charge in [-0.15, -0.1) is 11.3 Å². The molecule has 0 saturated heterocycles. The number of sulfone groups is 1. The van der Waals surface area contributed by atoms with Crippen LogP contribution in [0.5, 0.6) is 0 Å². The van der Waals surface area contributed by atoms with Crippen molar-refractivity contribution in [3.63, 3.8) is 0 Å². The number of ketones is 1. The molecule has 98 valence electrons. The first kappa shape index (κ1) is 13.7. The fourth-order valence-corrected chi connectivity index (χ4v) is 2.76. The van der Waals surface area contributed by atoms with Crippen LogP contribution in [-0.2, 0) is 9.84 Å². The Hall–Kier alpha value is -1.72. The largest absolute Gasteiger partial charge is 0.289 e. The minimum absolute atomic E-state index is 0.145. The molecule has 0 atom stereocenters. The molecule has 0 amide bonds. The van der Waals surface area contributed by atoms with Crippen LogP contribution in [-0.4, -0.2) is 20.5 Å². The third kappa shape index (κ3) is 3.62. The summed E-state index contributed by atoms with van der Waals surface area (Å²) in [6, 6.07) is 9.77. The maximum absolute atomic E-state index is 11.9. The Bertz CT molecular complexity index is 694. The summed E-state index contributed by atoms with van der Waals surface area (Å²) in [7, 11) is -3.22. The van der Waals surface area contributed by atoms with Crippen molar-refractivity contribution in [3.05, 3.63) is 58.3 Å². The number of carbonyl (C=O) groups excluding carboxylic acids is 1. The van der Waals surface area contributed by atoms with Gasteiger partial charge in [0.15, 0.2) is 15.6 Å². The van der Waals surface area contributed by atoms with Gasteiger partial charge in [-0.1, -0.05) is 6.07 Å². The molecule has 3 nitrogen and oxygen atoms in total. The first-order valence-electron chi connectivity index (χ1n) is 5.53. The van der Waals surface area contributed by atoms with Crippen LogP contribution in [0.1, 0.15) is 15.2 Å². The molecular weight excluding hydrogens is 280 g/mol. The van der Waals surface area contributed by atoms with E-state index in [1.165, 1.54) is 30.3 Å². The Morgan fingerprint density at radius 1 is 1.16 bits per heavy atom. The van der Waals surface area contributed by atoms with Crippen molar-refractivity contribution < 1.29 is 13.2 Å². The number of thiophene rings is 1. The summed E-state index contributed by atoms with van der Waals surface area (Å²) >= 11 is 1.55. The van der Waals surface area contributed by atoms with Gasteiger partial charge in [0, 0.05) is 16.7 Å². The lowest BCUT2D eigenvalue weighted by Crippen LogP contribution is -1.99. The summed E-state index contributed by atoms with van der Waals surface area (Å²) in [6.07, 6.45) is 4.37. The molecule has 0 unspecified atom stereocenters. The highest BCUT2D eigenvalue weighted by Crippen LogP contribution is 2.13. The van der Waals surface area contributed by atoms with E-state index in [1.54, 1.807) is 17.4 Å². The smallest absolute Gasteiger partial charge is 0.185 e. The van der Waals surface area contributed by atoms with Gasteiger partial charge in [0.25, 0.3) is 0 Å². The van der Waals surface area contributed by atoms with Gasteiger partial charge in [0.2, 0.25) is 0 Å². The van der Waals surface area contributed by atoms with Gasteiger partial charge in [-0.05, 0) is 47.9 Å². The molecule has 0 aliphatic rings. The van der Waals surface area contributed by atoms with Gasteiger partial charge < -0.3 is 0 Å². The molecule has 0 saturated carbocycles. The maximum atomic E-state index is 11.9. The molecule has 1 heterocycles. The van der Waals surface area contributed by atoms with E-state index in [1.807, 2.05) is 17.5 Å². The Morgan fingerprint density at radius 2 is 1.84 bits per heavy atom. The van der Waals surface area contributed by atoms with E-state index in [9.17, 15) is 13.2 Å². The van der Waals surface area contributed by atoms with E-state index in [0.29, 0.717) is 5.56 Å². The molecule has 0 radical (unpaired) electrons. The van der Waals surface area contributed by atoms with E-state index >= 15 is 0 Å². The van der Waals surface area contributed by atoms with Gasteiger partial charge in [0.1, 0.15) is 0 Å². The molecule has 1 aromatic carbocycles. The third-order valence-electron chi connectivity index (χ3n) is 2.51. The molecule has 1 aromatic heterocycles. The van der Waals surface area contributed by atoms with Gasteiger partial charge in [-0.2, -0.15) is 0 Å². The number of hydrogen-bond acceptors (Lipinski definition) is 4. The summed E-state index contributed by atoms with van der Waals surface area (Å²) < 4.78 is 22.6. The number of allylic oxidation sites excluding steroid dienone is 1. The average Bonchev–Trinajstić information content (AvgIpc) is 2.88. The fourth-order valence-electron chi connectivity index (χ4n) is 1.51. The van der Waals surface area contributed by atoms with E-state index in [0.717, 1.165) is 11.1 Å². The molecule has 0 aliphatic heterocycles. The zero-order chi connectivity index (χ0) is 13.9. The van der Waals surface area contributed by atoms with Crippen LogP contribution in [0.15, 0.2) is 52.7 Å². The molecule has 0 aliphatic carbocycles.